The molecule has 6 nitrogen and oxygen atoms in total. The van der Waals surface area contributed by atoms with Gasteiger partial charge in [0, 0.05) is 48.6 Å². The zero-order chi connectivity index (χ0) is 19.2. The molecule has 0 saturated carbocycles. The molecule has 2 heterocycles. The summed E-state index contributed by atoms with van der Waals surface area (Å²) < 4.78 is 0. The third-order valence-corrected chi connectivity index (χ3v) is 5.59. The van der Waals surface area contributed by atoms with Crippen LogP contribution < -0.4 is 11.1 Å². The number of carbonyl (C=O) groups excluding carboxylic acids is 2. The first-order valence-electron chi connectivity index (χ1n) is 9.39. The highest BCUT2D eigenvalue weighted by Crippen LogP contribution is 2.25. The third kappa shape index (κ3) is 4.93. The van der Waals surface area contributed by atoms with Crippen molar-refractivity contribution in [3.8, 4) is 11.3 Å². The molecule has 1 saturated heterocycles. The molecule has 0 spiro atoms. The highest BCUT2D eigenvalue weighted by Gasteiger charge is 2.28. The summed E-state index contributed by atoms with van der Waals surface area (Å²) in [5.74, 6) is -0.0436. The van der Waals surface area contributed by atoms with Crippen LogP contribution in [0.15, 0.2) is 29.6 Å². The summed E-state index contributed by atoms with van der Waals surface area (Å²) in [6.07, 6.45) is 3.28. The summed E-state index contributed by atoms with van der Waals surface area (Å²) in [5, 5.41) is 5.92. The Bertz CT molecular complexity index is 805. The average Bonchev–Trinajstić information content (AvgIpc) is 3.13. The molecule has 3 N–H and O–H groups in total. The number of rotatable bonds is 6. The molecule has 2 amide bonds. The lowest BCUT2D eigenvalue weighted by atomic mass is 9.99. The minimum absolute atomic E-state index is 0.0153. The van der Waals surface area contributed by atoms with Gasteiger partial charge in [0.05, 0.1) is 10.7 Å². The largest absolute Gasteiger partial charge is 0.354 e. The van der Waals surface area contributed by atoms with Gasteiger partial charge in [0.25, 0.3) is 5.91 Å². The van der Waals surface area contributed by atoms with Gasteiger partial charge < -0.3 is 16.0 Å². The first kappa shape index (κ1) is 19.5. The number of aromatic nitrogens is 1. The van der Waals surface area contributed by atoms with E-state index in [0.717, 1.165) is 42.1 Å². The van der Waals surface area contributed by atoms with E-state index in [0.29, 0.717) is 25.1 Å². The van der Waals surface area contributed by atoms with Crippen molar-refractivity contribution in [2.45, 2.75) is 38.6 Å². The minimum Gasteiger partial charge on any atom is -0.354 e. The van der Waals surface area contributed by atoms with Crippen molar-refractivity contribution in [2.75, 3.05) is 19.6 Å². The Morgan fingerprint density at radius 3 is 2.96 bits per heavy atom. The Morgan fingerprint density at radius 2 is 2.22 bits per heavy atom. The van der Waals surface area contributed by atoms with Crippen molar-refractivity contribution in [3.05, 3.63) is 40.2 Å². The lowest BCUT2D eigenvalue weighted by molar-refractivity contribution is -0.121. The number of nitrogens with two attached hydrogens (primary N) is 1. The molecule has 3 rings (SSSR count). The van der Waals surface area contributed by atoms with Crippen LogP contribution in [-0.2, 0) is 4.79 Å². The smallest absolute Gasteiger partial charge is 0.254 e. The van der Waals surface area contributed by atoms with Crippen LogP contribution in [-0.4, -0.2) is 47.4 Å². The van der Waals surface area contributed by atoms with Crippen molar-refractivity contribution >= 4 is 23.2 Å². The predicted octanol–water partition coefficient (Wildman–Crippen LogP) is 2.58. The van der Waals surface area contributed by atoms with E-state index in [1.165, 1.54) is 0 Å². The molecule has 1 atom stereocenters. The standard InChI is InChI=1S/C20H26N4O2S/c1-14-23-18(13-27-14)15-5-4-6-16(11-15)20(26)24-10-3-2-7-17(24)12-22-19(25)8-9-21/h4-6,11,13,17H,2-3,7-10,12,21H2,1H3,(H,22,25). The normalized spacial score (nSPS) is 17.0. The van der Waals surface area contributed by atoms with Crippen LogP contribution in [0.4, 0.5) is 0 Å². The molecule has 1 aromatic heterocycles. The quantitative estimate of drug-likeness (QED) is 0.799. The van der Waals surface area contributed by atoms with E-state index in [2.05, 4.69) is 10.3 Å². The van der Waals surface area contributed by atoms with Gasteiger partial charge in [-0.3, -0.25) is 9.59 Å². The molecule has 0 radical (unpaired) electrons. The number of likely N-dealkylation sites (tertiary alicyclic amines) is 1. The number of benzene rings is 1. The fourth-order valence-electron chi connectivity index (χ4n) is 3.40. The maximum Gasteiger partial charge on any atom is 0.254 e. The Kier molecular flexibility index (Phi) is 6.58. The van der Waals surface area contributed by atoms with Crippen LogP contribution in [0, 0.1) is 6.92 Å². The molecule has 1 aliphatic heterocycles. The SMILES string of the molecule is Cc1nc(-c2cccc(C(=O)N3CCCCC3CNC(=O)CCN)c2)cs1. The fraction of sp³-hybridized carbons (Fsp3) is 0.450. The Balaban J connectivity index is 1.73. The molecule has 27 heavy (non-hydrogen) atoms. The topological polar surface area (TPSA) is 88.3 Å². The maximum atomic E-state index is 13.1. The first-order valence-corrected chi connectivity index (χ1v) is 10.3. The number of piperidine rings is 1. The lowest BCUT2D eigenvalue weighted by Gasteiger charge is -2.36. The fourth-order valence-corrected chi connectivity index (χ4v) is 4.03. The summed E-state index contributed by atoms with van der Waals surface area (Å²) in [6.45, 7) is 3.51. The van der Waals surface area contributed by atoms with E-state index in [4.69, 9.17) is 5.73 Å². The Hall–Kier alpha value is -2.25. The second-order valence-corrected chi connectivity index (χ2v) is 7.89. The van der Waals surface area contributed by atoms with E-state index < -0.39 is 0 Å². The van der Waals surface area contributed by atoms with Crippen molar-refractivity contribution in [1.29, 1.82) is 0 Å². The summed E-state index contributed by atoms with van der Waals surface area (Å²) >= 11 is 1.60. The van der Waals surface area contributed by atoms with Crippen molar-refractivity contribution in [2.24, 2.45) is 5.73 Å². The number of hydrogen-bond acceptors (Lipinski definition) is 5. The van der Waals surface area contributed by atoms with Gasteiger partial charge in [0.1, 0.15) is 0 Å². The number of nitrogens with one attached hydrogen (secondary N) is 1. The second kappa shape index (κ2) is 9.10. The maximum absolute atomic E-state index is 13.1. The van der Waals surface area contributed by atoms with Crippen LogP contribution >= 0.6 is 11.3 Å². The van der Waals surface area contributed by atoms with Crippen molar-refractivity contribution in [1.82, 2.24) is 15.2 Å². The summed E-state index contributed by atoms with van der Waals surface area (Å²) in [7, 11) is 0. The van der Waals surface area contributed by atoms with Crippen LogP contribution in [0.2, 0.25) is 0 Å². The number of hydrogen-bond donors (Lipinski definition) is 2. The number of aryl methyl sites for hydroxylation is 1. The van der Waals surface area contributed by atoms with Crippen LogP contribution in [0.5, 0.6) is 0 Å². The number of amides is 2. The summed E-state index contributed by atoms with van der Waals surface area (Å²) in [6, 6.07) is 7.67. The molecule has 2 aromatic rings. The van der Waals surface area contributed by atoms with E-state index in [1.807, 2.05) is 41.5 Å². The predicted molar refractivity (Wildman–Crippen MR) is 108 cm³/mol. The molecule has 1 unspecified atom stereocenters. The molecular formula is C20H26N4O2S. The molecular weight excluding hydrogens is 360 g/mol. The van der Waals surface area contributed by atoms with Gasteiger partial charge in [0.15, 0.2) is 0 Å². The van der Waals surface area contributed by atoms with Crippen LogP contribution in [0.25, 0.3) is 11.3 Å². The summed E-state index contributed by atoms with van der Waals surface area (Å²) in [5.41, 5.74) is 7.94. The minimum atomic E-state index is -0.0589. The van der Waals surface area contributed by atoms with Gasteiger partial charge in [-0.2, -0.15) is 0 Å². The van der Waals surface area contributed by atoms with Gasteiger partial charge in [-0.25, -0.2) is 4.98 Å². The Morgan fingerprint density at radius 1 is 1.37 bits per heavy atom. The average molecular weight is 387 g/mol. The third-order valence-electron chi connectivity index (χ3n) is 4.82. The monoisotopic (exact) mass is 386 g/mol. The molecule has 0 bridgehead atoms. The van der Waals surface area contributed by atoms with Crippen molar-refractivity contribution in [3.63, 3.8) is 0 Å². The van der Waals surface area contributed by atoms with Crippen LogP contribution in [0.3, 0.4) is 0 Å². The van der Waals surface area contributed by atoms with Gasteiger partial charge >= 0.3 is 0 Å². The highest BCUT2D eigenvalue weighted by molar-refractivity contribution is 7.09. The van der Waals surface area contributed by atoms with Gasteiger partial charge in [-0.15, -0.1) is 11.3 Å². The molecule has 1 aliphatic rings. The zero-order valence-corrected chi connectivity index (χ0v) is 16.4. The highest BCUT2D eigenvalue weighted by atomic mass is 32.1. The van der Waals surface area contributed by atoms with Gasteiger partial charge in [-0.05, 0) is 38.3 Å². The molecule has 1 aromatic carbocycles. The van der Waals surface area contributed by atoms with E-state index >= 15 is 0 Å². The van der Waals surface area contributed by atoms with E-state index in [-0.39, 0.29) is 17.9 Å². The number of thiazole rings is 1. The van der Waals surface area contributed by atoms with Gasteiger partial charge in [0.2, 0.25) is 5.91 Å². The molecule has 0 aliphatic carbocycles. The number of nitrogens with zero attached hydrogens (tertiary/aromatic N) is 2. The second-order valence-electron chi connectivity index (χ2n) is 6.82. The Labute approximate surface area is 163 Å². The van der Waals surface area contributed by atoms with E-state index in [9.17, 15) is 9.59 Å². The molecule has 144 valence electrons. The van der Waals surface area contributed by atoms with Crippen LogP contribution in [0.1, 0.15) is 41.0 Å². The van der Waals surface area contributed by atoms with Gasteiger partial charge in [-0.1, -0.05) is 12.1 Å². The molecule has 7 heteroatoms. The lowest BCUT2D eigenvalue weighted by Crippen LogP contribution is -2.49. The first-order chi connectivity index (χ1) is 13.1. The molecule has 1 fully saturated rings. The number of carbonyl (C=O) groups is 2. The van der Waals surface area contributed by atoms with E-state index in [1.54, 1.807) is 11.3 Å². The zero-order valence-electron chi connectivity index (χ0n) is 15.6. The summed E-state index contributed by atoms with van der Waals surface area (Å²) in [4.78, 5) is 31.3. The van der Waals surface area contributed by atoms with Crippen molar-refractivity contribution < 1.29 is 9.59 Å².